The topological polar surface area (TPSA) is 117 Å². The molecule has 0 aromatic carbocycles. The van der Waals surface area contributed by atoms with Crippen LogP contribution in [0, 0.1) is 13.8 Å². The number of nitrogens with zero attached hydrogens (tertiary/aromatic N) is 5. The molecule has 0 radical (unpaired) electrons. The summed E-state index contributed by atoms with van der Waals surface area (Å²) < 4.78 is 25.0. The van der Waals surface area contributed by atoms with Crippen molar-refractivity contribution in [1.29, 1.82) is 0 Å². The Morgan fingerprint density at radius 2 is 1.71 bits per heavy atom. The van der Waals surface area contributed by atoms with Gasteiger partial charge in [0.2, 0.25) is 0 Å². The summed E-state index contributed by atoms with van der Waals surface area (Å²) in [6, 6.07) is 1.79. The van der Waals surface area contributed by atoms with Gasteiger partial charge in [0.25, 0.3) is 15.2 Å². The second-order valence-electron chi connectivity index (χ2n) is 5.84. The third-order valence-corrected chi connectivity index (χ3v) is 3.67. The van der Waals surface area contributed by atoms with Crippen molar-refractivity contribution in [3.05, 3.63) is 17.5 Å². The van der Waals surface area contributed by atoms with Crippen LogP contribution in [0.2, 0.25) is 0 Å². The highest BCUT2D eigenvalue weighted by Crippen LogP contribution is 2.28. The molecule has 2 aromatic rings. The summed E-state index contributed by atoms with van der Waals surface area (Å²) in [7, 11) is -3.97. The van der Waals surface area contributed by atoms with E-state index in [9.17, 15) is 8.42 Å². The predicted molar refractivity (Wildman–Crippen MR) is 76.9 cm³/mol. The summed E-state index contributed by atoms with van der Waals surface area (Å²) in [5.41, 5.74) is 1.46. The van der Waals surface area contributed by atoms with Gasteiger partial charge < -0.3 is 0 Å². The second kappa shape index (κ2) is 4.85. The molecular formula is C12H18N6O2S. The van der Waals surface area contributed by atoms with Gasteiger partial charge in [0.05, 0.1) is 11.4 Å². The number of primary sulfonamides is 1. The smallest absolute Gasteiger partial charge is 0.273 e. The molecule has 2 heterocycles. The van der Waals surface area contributed by atoms with Crippen LogP contribution >= 0.6 is 0 Å². The quantitative estimate of drug-likeness (QED) is 0.875. The second-order valence-corrected chi connectivity index (χ2v) is 7.30. The lowest BCUT2D eigenvalue weighted by molar-refractivity contribution is 0.366. The first kappa shape index (κ1) is 15.5. The van der Waals surface area contributed by atoms with Crippen LogP contribution in [0.3, 0.4) is 0 Å². The molecule has 2 aromatic heterocycles. The molecule has 0 aliphatic rings. The molecular weight excluding hydrogens is 292 g/mol. The number of aryl methyl sites for hydroxylation is 2. The minimum Gasteiger partial charge on any atom is -0.291 e. The van der Waals surface area contributed by atoms with E-state index in [0.29, 0.717) is 22.8 Å². The summed E-state index contributed by atoms with van der Waals surface area (Å²) in [6.45, 7) is 9.14. The van der Waals surface area contributed by atoms with Crippen molar-refractivity contribution in [2.45, 2.75) is 45.3 Å². The molecule has 0 aliphatic carbocycles. The number of aromatic nitrogens is 5. The van der Waals surface area contributed by atoms with E-state index in [1.54, 1.807) is 19.9 Å². The highest BCUT2D eigenvalue weighted by molar-refractivity contribution is 7.89. The Hall–Kier alpha value is -1.87. The Morgan fingerprint density at radius 3 is 2.24 bits per heavy atom. The third kappa shape index (κ3) is 2.93. The lowest BCUT2D eigenvalue weighted by Crippen LogP contribution is -2.29. The van der Waals surface area contributed by atoms with Gasteiger partial charge in [-0.1, -0.05) is 0 Å². The van der Waals surface area contributed by atoms with Crippen molar-refractivity contribution in [3.63, 3.8) is 0 Å². The van der Waals surface area contributed by atoms with Gasteiger partial charge in [-0.05, 0) is 40.7 Å². The molecule has 9 heteroatoms. The summed E-state index contributed by atoms with van der Waals surface area (Å²) in [6.07, 6.45) is 0. The van der Waals surface area contributed by atoms with Gasteiger partial charge in [-0.3, -0.25) is 4.57 Å². The van der Waals surface area contributed by atoms with Gasteiger partial charge in [0, 0.05) is 11.1 Å². The highest BCUT2D eigenvalue weighted by atomic mass is 32.2. The van der Waals surface area contributed by atoms with Crippen LogP contribution < -0.4 is 5.14 Å². The Labute approximate surface area is 123 Å². The molecule has 21 heavy (non-hydrogen) atoms. The van der Waals surface area contributed by atoms with E-state index in [2.05, 4.69) is 20.4 Å². The van der Waals surface area contributed by atoms with E-state index < -0.39 is 15.6 Å². The summed E-state index contributed by atoms with van der Waals surface area (Å²) in [5, 5.41) is 20.7. The van der Waals surface area contributed by atoms with Crippen LogP contribution in [0.5, 0.6) is 0 Å². The number of sulfonamides is 1. The van der Waals surface area contributed by atoms with Crippen molar-refractivity contribution >= 4 is 10.0 Å². The highest BCUT2D eigenvalue weighted by Gasteiger charge is 2.30. The molecule has 0 bridgehead atoms. The minimum absolute atomic E-state index is 0.265. The molecule has 114 valence electrons. The first-order valence-electron chi connectivity index (χ1n) is 6.32. The Morgan fingerprint density at radius 1 is 1.10 bits per heavy atom. The molecule has 0 unspecified atom stereocenters. The fourth-order valence-corrected chi connectivity index (χ4v) is 2.78. The zero-order chi connectivity index (χ0) is 16.0. The number of hydrogen-bond donors (Lipinski definition) is 1. The van der Waals surface area contributed by atoms with Crippen LogP contribution in [0.25, 0.3) is 11.4 Å². The lowest BCUT2D eigenvalue weighted by atomic mass is 10.1. The molecule has 0 atom stereocenters. The van der Waals surface area contributed by atoms with Crippen molar-refractivity contribution in [3.8, 4) is 11.4 Å². The molecule has 2 N–H and O–H groups in total. The zero-order valence-electron chi connectivity index (χ0n) is 12.6. The maximum absolute atomic E-state index is 11.7. The first-order valence-corrected chi connectivity index (χ1v) is 7.86. The normalized spacial score (nSPS) is 12.7. The Bertz CT molecular complexity index is 789. The lowest BCUT2D eigenvalue weighted by Gasteiger charge is -2.24. The average molecular weight is 310 g/mol. The van der Waals surface area contributed by atoms with Crippen LogP contribution in [-0.4, -0.2) is 33.4 Å². The van der Waals surface area contributed by atoms with Gasteiger partial charge in [-0.2, -0.15) is 10.2 Å². The Kier molecular flexibility index (Phi) is 3.58. The first-order chi connectivity index (χ1) is 9.51. The molecule has 0 fully saturated rings. The van der Waals surface area contributed by atoms with Gasteiger partial charge in [-0.15, -0.1) is 10.2 Å². The molecule has 0 amide bonds. The standard InChI is InChI=1S/C12H18N6O2S/c1-7-6-9(8(2)15-14-7)10-16-17-11(21(13,19)20)18(10)12(3,4)5/h6H,1-5H3,(H2,13,19,20). The van der Waals surface area contributed by atoms with Crippen LogP contribution in [0.15, 0.2) is 11.2 Å². The van der Waals surface area contributed by atoms with E-state index in [0.717, 1.165) is 0 Å². The van der Waals surface area contributed by atoms with E-state index in [-0.39, 0.29) is 5.16 Å². The zero-order valence-corrected chi connectivity index (χ0v) is 13.4. The molecule has 2 rings (SSSR count). The van der Waals surface area contributed by atoms with E-state index in [1.165, 1.54) is 4.57 Å². The van der Waals surface area contributed by atoms with Crippen molar-refractivity contribution in [1.82, 2.24) is 25.0 Å². The van der Waals surface area contributed by atoms with Crippen molar-refractivity contribution in [2.75, 3.05) is 0 Å². The minimum atomic E-state index is -3.97. The Balaban J connectivity index is 2.83. The molecule has 0 aliphatic heterocycles. The van der Waals surface area contributed by atoms with Crippen molar-refractivity contribution in [2.24, 2.45) is 5.14 Å². The largest absolute Gasteiger partial charge is 0.291 e. The van der Waals surface area contributed by atoms with E-state index in [1.807, 2.05) is 20.8 Å². The van der Waals surface area contributed by atoms with Gasteiger partial charge in [0.1, 0.15) is 0 Å². The van der Waals surface area contributed by atoms with Crippen molar-refractivity contribution < 1.29 is 8.42 Å². The molecule has 0 saturated carbocycles. The molecule has 0 saturated heterocycles. The fourth-order valence-electron chi connectivity index (χ4n) is 2.01. The van der Waals surface area contributed by atoms with Crippen LogP contribution in [-0.2, 0) is 15.6 Å². The number of nitrogens with two attached hydrogens (primary N) is 1. The average Bonchev–Trinajstić information content (AvgIpc) is 2.76. The number of rotatable bonds is 2. The monoisotopic (exact) mass is 310 g/mol. The summed E-state index contributed by atoms with van der Waals surface area (Å²) in [5.74, 6) is 0.405. The van der Waals surface area contributed by atoms with E-state index >= 15 is 0 Å². The number of hydrogen-bond acceptors (Lipinski definition) is 6. The van der Waals surface area contributed by atoms with Crippen LogP contribution in [0.4, 0.5) is 0 Å². The van der Waals surface area contributed by atoms with E-state index in [4.69, 9.17) is 5.14 Å². The van der Waals surface area contributed by atoms with Gasteiger partial charge in [0.15, 0.2) is 5.82 Å². The fraction of sp³-hybridized carbons (Fsp3) is 0.500. The summed E-state index contributed by atoms with van der Waals surface area (Å²) >= 11 is 0. The maximum atomic E-state index is 11.7. The predicted octanol–water partition coefficient (Wildman–Crippen LogP) is 0.754. The van der Waals surface area contributed by atoms with Gasteiger partial charge >= 0.3 is 0 Å². The molecule has 8 nitrogen and oxygen atoms in total. The van der Waals surface area contributed by atoms with Crippen LogP contribution in [0.1, 0.15) is 32.2 Å². The SMILES string of the molecule is Cc1cc(-c2nnc(S(N)(=O)=O)n2C(C)(C)C)c(C)nn1. The summed E-state index contributed by atoms with van der Waals surface area (Å²) in [4.78, 5) is 0. The van der Waals surface area contributed by atoms with Gasteiger partial charge in [-0.25, -0.2) is 13.6 Å². The third-order valence-electron chi connectivity index (χ3n) is 2.90. The molecule has 0 spiro atoms. The maximum Gasteiger partial charge on any atom is 0.273 e.